The van der Waals surface area contributed by atoms with E-state index in [1.54, 1.807) is 30.3 Å². The maximum Gasteiger partial charge on any atom is 0.259 e. The monoisotopic (exact) mass is 516 g/mol. The summed E-state index contributed by atoms with van der Waals surface area (Å²) in [6.07, 6.45) is 3.92. The number of hydrogen-bond donors (Lipinski definition) is 1. The highest BCUT2D eigenvalue weighted by Gasteiger charge is 2.35. The molecule has 0 saturated heterocycles. The molecule has 38 heavy (non-hydrogen) atoms. The molecule has 1 fully saturated rings. The van der Waals surface area contributed by atoms with Crippen LogP contribution in [0.5, 0.6) is 11.5 Å². The first-order valence-corrected chi connectivity index (χ1v) is 13.3. The number of anilines is 1. The minimum atomic E-state index is -0.998. The highest BCUT2D eigenvalue weighted by molar-refractivity contribution is 6.10. The van der Waals surface area contributed by atoms with Crippen LogP contribution in [0.25, 0.3) is 0 Å². The molecule has 2 amide bonds. The van der Waals surface area contributed by atoms with Crippen molar-refractivity contribution in [1.29, 1.82) is 0 Å². The van der Waals surface area contributed by atoms with Crippen molar-refractivity contribution in [2.45, 2.75) is 57.5 Å². The molecule has 0 spiro atoms. The zero-order chi connectivity index (χ0) is 26.6. The minimum absolute atomic E-state index is 0.0556. The summed E-state index contributed by atoms with van der Waals surface area (Å²) in [5.41, 5.74) is 2.59. The molecule has 7 heteroatoms. The normalized spacial score (nSPS) is 15.8. The molecule has 0 unspecified atom stereocenters. The fourth-order valence-corrected chi connectivity index (χ4v) is 5.13. The quantitative estimate of drug-likeness (QED) is 0.408. The molecule has 0 radical (unpaired) electrons. The van der Waals surface area contributed by atoms with Gasteiger partial charge < -0.3 is 14.8 Å². The average Bonchev–Trinajstić information content (AvgIpc) is 3.45. The van der Waals surface area contributed by atoms with E-state index in [0.29, 0.717) is 47.4 Å². The molecule has 1 atom stereocenters. The van der Waals surface area contributed by atoms with Crippen LogP contribution in [-0.4, -0.2) is 31.1 Å². The van der Waals surface area contributed by atoms with Crippen LogP contribution in [0.15, 0.2) is 66.7 Å². The molecule has 6 nitrogen and oxygen atoms in total. The molecule has 2 aliphatic rings. The average molecular weight is 517 g/mol. The first-order valence-electron chi connectivity index (χ1n) is 13.3. The van der Waals surface area contributed by atoms with Crippen LogP contribution in [0, 0.1) is 5.82 Å². The Labute approximate surface area is 222 Å². The van der Waals surface area contributed by atoms with Gasteiger partial charge >= 0.3 is 0 Å². The maximum atomic E-state index is 14.2. The second-order valence-corrected chi connectivity index (χ2v) is 10.2. The second-order valence-electron chi connectivity index (χ2n) is 10.2. The molecule has 0 aromatic heterocycles. The van der Waals surface area contributed by atoms with Gasteiger partial charge in [-0.25, -0.2) is 4.39 Å². The molecule has 5 rings (SSSR count). The molecular weight excluding hydrogens is 483 g/mol. The lowest BCUT2D eigenvalue weighted by Crippen LogP contribution is -2.46. The van der Waals surface area contributed by atoms with Crippen molar-refractivity contribution in [2.24, 2.45) is 0 Å². The Morgan fingerprint density at radius 1 is 0.868 bits per heavy atom. The largest absolute Gasteiger partial charge is 0.486 e. The summed E-state index contributed by atoms with van der Waals surface area (Å²) in [6.45, 7) is 5.04. The topological polar surface area (TPSA) is 67.9 Å². The van der Waals surface area contributed by atoms with E-state index in [-0.39, 0.29) is 17.9 Å². The van der Waals surface area contributed by atoms with Crippen LogP contribution >= 0.6 is 0 Å². The lowest BCUT2D eigenvalue weighted by atomic mass is 9.99. The van der Waals surface area contributed by atoms with Crippen molar-refractivity contribution in [3.8, 4) is 11.5 Å². The van der Waals surface area contributed by atoms with E-state index in [4.69, 9.17) is 9.47 Å². The van der Waals surface area contributed by atoms with Gasteiger partial charge in [0, 0.05) is 17.3 Å². The van der Waals surface area contributed by atoms with Gasteiger partial charge in [-0.15, -0.1) is 0 Å². The Morgan fingerprint density at radius 2 is 1.50 bits per heavy atom. The molecule has 3 aromatic rings. The van der Waals surface area contributed by atoms with E-state index in [2.05, 4.69) is 19.2 Å². The van der Waals surface area contributed by atoms with Gasteiger partial charge in [0.05, 0.1) is 0 Å². The Balaban J connectivity index is 1.60. The van der Waals surface area contributed by atoms with E-state index < -0.39 is 11.9 Å². The third-order valence-corrected chi connectivity index (χ3v) is 7.24. The van der Waals surface area contributed by atoms with Crippen molar-refractivity contribution in [1.82, 2.24) is 5.32 Å². The number of fused-ring (bicyclic) bond motifs is 1. The van der Waals surface area contributed by atoms with Gasteiger partial charge in [0.1, 0.15) is 25.1 Å². The predicted octanol–water partition coefficient (Wildman–Crippen LogP) is 6.17. The number of ether oxygens (including phenoxy) is 2. The molecule has 3 aromatic carbocycles. The Morgan fingerprint density at radius 3 is 2.16 bits per heavy atom. The predicted molar refractivity (Wildman–Crippen MR) is 144 cm³/mol. The lowest BCUT2D eigenvalue weighted by molar-refractivity contribution is -0.123. The minimum Gasteiger partial charge on any atom is -0.486 e. The highest BCUT2D eigenvalue weighted by atomic mass is 19.1. The fraction of sp³-hybridized carbons (Fsp3) is 0.355. The summed E-state index contributed by atoms with van der Waals surface area (Å²) in [6, 6.07) is 17.6. The molecule has 1 heterocycles. The molecule has 0 bridgehead atoms. The Hall–Kier alpha value is -3.87. The number of carbonyl (C=O) groups excluding carboxylic acids is 2. The SMILES string of the molecule is CC(C)c1ccc(N(C(=O)c2ccc3c(c2)OCCO3)[C@H](C(=O)NC2CCCC2)c2ccc(F)cc2)cc1. The second kappa shape index (κ2) is 11.3. The molecule has 1 N–H and O–H groups in total. The van der Waals surface area contributed by atoms with Gasteiger partial charge in [-0.1, -0.05) is 51.0 Å². The van der Waals surface area contributed by atoms with E-state index in [1.165, 1.54) is 17.0 Å². The lowest BCUT2D eigenvalue weighted by Gasteiger charge is -2.33. The summed E-state index contributed by atoms with van der Waals surface area (Å²) < 4.78 is 25.2. The third kappa shape index (κ3) is 5.52. The van der Waals surface area contributed by atoms with Crippen molar-refractivity contribution in [3.05, 3.63) is 89.2 Å². The van der Waals surface area contributed by atoms with Crippen molar-refractivity contribution >= 4 is 17.5 Å². The summed E-state index contributed by atoms with van der Waals surface area (Å²) in [5.74, 6) is 0.317. The van der Waals surface area contributed by atoms with E-state index >= 15 is 0 Å². The molecule has 1 aliphatic heterocycles. The van der Waals surface area contributed by atoms with Crippen molar-refractivity contribution < 1.29 is 23.5 Å². The van der Waals surface area contributed by atoms with Crippen molar-refractivity contribution in [3.63, 3.8) is 0 Å². The van der Waals surface area contributed by atoms with Gasteiger partial charge in [0.15, 0.2) is 11.5 Å². The van der Waals surface area contributed by atoms with Gasteiger partial charge in [-0.05, 0) is 72.4 Å². The number of benzene rings is 3. The van der Waals surface area contributed by atoms with E-state index in [1.807, 2.05) is 24.3 Å². The number of amides is 2. The Bertz CT molecular complexity index is 1280. The van der Waals surface area contributed by atoms with Crippen molar-refractivity contribution in [2.75, 3.05) is 18.1 Å². The van der Waals surface area contributed by atoms with Crippen LogP contribution in [0.1, 0.15) is 73.0 Å². The van der Waals surface area contributed by atoms with Gasteiger partial charge in [-0.3, -0.25) is 14.5 Å². The van der Waals surface area contributed by atoms with E-state index in [9.17, 15) is 14.0 Å². The zero-order valence-electron chi connectivity index (χ0n) is 21.8. The fourth-order valence-electron chi connectivity index (χ4n) is 5.13. The summed E-state index contributed by atoms with van der Waals surface area (Å²) >= 11 is 0. The summed E-state index contributed by atoms with van der Waals surface area (Å²) in [5, 5.41) is 3.16. The highest BCUT2D eigenvalue weighted by Crippen LogP contribution is 2.35. The first kappa shape index (κ1) is 25.8. The van der Waals surface area contributed by atoms with Crippen LogP contribution in [0.4, 0.5) is 10.1 Å². The zero-order valence-corrected chi connectivity index (χ0v) is 21.8. The first-order chi connectivity index (χ1) is 18.4. The van der Waals surface area contributed by atoms with Gasteiger partial charge in [-0.2, -0.15) is 0 Å². The van der Waals surface area contributed by atoms with Crippen LogP contribution in [-0.2, 0) is 4.79 Å². The maximum absolute atomic E-state index is 14.2. The van der Waals surface area contributed by atoms with Crippen LogP contribution in [0.3, 0.4) is 0 Å². The third-order valence-electron chi connectivity index (χ3n) is 7.24. The number of carbonyl (C=O) groups is 2. The number of halogens is 1. The number of hydrogen-bond acceptors (Lipinski definition) is 4. The van der Waals surface area contributed by atoms with Crippen LogP contribution < -0.4 is 19.7 Å². The number of rotatable bonds is 7. The molecule has 1 aliphatic carbocycles. The number of nitrogens with zero attached hydrogens (tertiary/aromatic N) is 1. The van der Waals surface area contributed by atoms with Crippen LogP contribution in [0.2, 0.25) is 0 Å². The molecule has 198 valence electrons. The standard InChI is InChI=1S/C31H33FN2O4/c1-20(2)21-9-14-26(15-10-21)34(31(36)23-11-16-27-28(19-23)38-18-17-37-27)29(22-7-12-24(32)13-8-22)30(35)33-25-5-3-4-6-25/h7-16,19-20,25,29H,3-6,17-18H2,1-2H3,(H,33,35)/t29-/m0/s1. The smallest absolute Gasteiger partial charge is 0.259 e. The summed E-state index contributed by atoms with van der Waals surface area (Å²) in [4.78, 5) is 29.7. The number of nitrogens with one attached hydrogen (secondary N) is 1. The van der Waals surface area contributed by atoms with Gasteiger partial charge in [0.2, 0.25) is 5.91 Å². The van der Waals surface area contributed by atoms with Gasteiger partial charge in [0.25, 0.3) is 5.91 Å². The molecule has 1 saturated carbocycles. The molecular formula is C31H33FN2O4. The Kier molecular flexibility index (Phi) is 7.63. The van der Waals surface area contributed by atoms with E-state index in [0.717, 1.165) is 31.2 Å². The summed E-state index contributed by atoms with van der Waals surface area (Å²) in [7, 11) is 0.